The highest BCUT2D eigenvalue weighted by molar-refractivity contribution is 6.27. The summed E-state index contributed by atoms with van der Waals surface area (Å²) in [7, 11) is 0. The van der Waals surface area contributed by atoms with Gasteiger partial charge in [0.05, 0.1) is 22.2 Å². The van der Waals surface area contributed by atoms with E-state index >= 15 is 0 Å². The Kier molecular flexibility index (Phi) is 4.40. The largest absolute Gasteiger partial charge is 0.438 e. The van der Waals surface area contributed by atoms with Crippen LogP contribution in [-0.2, 0) is 31.6 Å². The fourth-order valence-corrected chi connectivity index (χ4v) is 8.64. The lowest BCUT2D eigenvalue weighted by atomic mass is 10.0. The third-order valence-electron chi connectivity index (χ3n) is 10.2. The number of aromatic nitrogens is 2. The van der Waals surface area contributed by atoms with Gasteiger partial charge in [-0.2, -0.15) is 0 Å². The zero-order valence-electron chi connectivity index (χ0n) is 24.6. The molecule has 198 valence electrons. The van der Waals surface area contributed by atoms with Gasteiger partial charge >= 0.3 is 17.6 Å². The quantitative estimate of drug-likeness (QED) is 0.492. The van der Waals surface area contributed by atoms with Crippen molar-refractivity contribution < 1.29 is 9.15 Å². The van der Waals surface area contributed by atoms with E-state index in [1.807, 2.05) is 0 Å². The standard InChI is InChI=1S/C33H38N6/c1-9-19-17(7)29-34-30-18(8)20(10-2)26-16-28-22(12-4)24(14-6)32-35-31-23(13-5)21(11-3)27-15-25(19)36(29)33(37(26)30,38(27)31)39(28)32/h15-16H,9-14H2,1-8H3/q+2. The van der Waals surface area contributed by atoms with Crippen LogP contribution >= 0.6 is 0 Å². The van der Waals surface area contributed by atoms with E-state index < -0.39 is 5.91 Å². The molecule has 0 aliphatic carbocycles. The maximum Gasteiger partial charge on any atom is 0.438 e. The van der Waals surface area contributed by atoms with Gasteiger partial charge in [-0.05, 0) is 63.5 Å². The number of amidine groups is 2. The third-order valence-corrected chi connectivity index (χ3v) is 10.2. The van der Waals surface area contributed by atoms with Crippen molar-refractivity contribution in [1.29, 1.82) is 0 Å². The molecule has 0 fully saturated rings. The highest BCUT2D eigenvalue weighted by Crippen LogP contribution is 2.51. The SMILES string of the molecule is CCC1=C(C)C2=[N+]3C1=Cc1c(CC)c(CC)c4n1C31n3c(c(CC)c(CC)c3=N4)=CC3=[N+]1C(=N2)C(C)=C3CC. The summed E-state index contributed by atoms with van der Waals surface area (Å²) in [4.78, 5) is 11.1. The Balaban J connectivity index is 1.71. The van der Waals surface area contributed by atoms with Gasteiger partial charge in [-0.1, -0.05) is 41.5 Å². The second kappa shape index (κ2) is 7.35. The van der Waals surface area contributed by atoms with Crippen molar-refractivity contribution in [2.75, 3.05) is 0 Å². The molecule has 8 rings (SSSR count). The molecule has 0 saturated carbocycles. The lowest BCUT2D eigenvalue weighted by Gasteiger charge is -2.42. The first-order valence-corrected chi connectivity index (χ1v) is 15.1. The van der Waals surface area contributed by atoms with Crippen molar-refractivity contribution in [3.05, 3.63) is 66.8 Å². The normalized spacial score (nSPS) is 22.9. The fraction of sp³-hybridized carbons (Fsp3) is 0.455. The first-order valence-electron chi connectivity index (χ1n) is 15.1. The van der Waals surface area contributed by atoms with Crippen molar-refractivity contribution in [2.24, 2.45) is 9.98 Å². The van der Waals surface area contributed by atoms with Crippen LogP contribution in [0.4, 0.5) is 5.82 Å². The highest BCUT2D eigenvalue weighted by atomic mass is 15.7. The van der Waals surface area contributed by atoms with E-state index in [0.29, 0.717) is 0 Å². The molecule has 0 radical (unpaired) electrons. The predicted octanol–water partition coefficient (Wildman–Crippen LogP) is 4.83. The van der Waals surface area contributed by atoms with Gasteiger partial charge in [0.1, 0.15) is 22.7 Å². The van der Waals surface area contributed by atoms with E-state index in [1.54, 1.807) is 0 Å². The molecule has 0 amide bonds. The van der Waals surface area contributed by atoms with E-state index in [1.165, 1.54) is 67.0 Å². The van der Waals surface area contributed by atoms with Crippen LogP contribution in [0.15, 0.2) is 38.0 Å². The van der Waals surface area contributed by atoms with E-state index in [4.69, 9.17) is 9.98 Å². The molecule has 2 aromatic rings. The first-order chi connectivity index (χ1) is 18.9. The molecule has 2 aromatic heterocycles. The molecule has 8 heterocycles. The average molecular weight is 519 g/mol. The van der Waals surface area contributed by atoms with Gasteiger partial charge in [0.2, 0.25) is 0 Å². The molecular weight excluding hydrogens is 480 g/mol. The van der Waals surface area contributed by atoms with Crippen molar-refractivity contribution in [3.8, 4) is 0 Å². The van der Waals surface area contributed by atoms with Gasteiger partial charge in [-0.3, -0.25) is 0 Å². The summed E-state index contributed by atoms with van der Waals surface area (Å²) in [5.74, 6) is 2.71. The summed E-state index contributed by atoms with van der Waals surface area (Å²) in [6.07, 6.45) is 10.8. The predicted molar refractivity (Wildman–Crippen MR) is 157 cm³/mol. The Morgan fingerprint density at radius 3 is 2.03 bits per heavy atom. The smallest absolute Gasteiger partial charge is 0.225 e. The van der Waals surface area contributed by atoms with Crippen LogP contribution in [0.2, 0.25) is 0 Å². The van der Waals surface area contributed by atoms with Gasteiger partial charge in [-0.25, -0.2) is 14.1 Å². The van der Waals surface area contributed by atoms with Crippen LogP contribution in [0.25, 0.3) is 12.2 Å². The lowest BCUT2D eigenvalue weighted by Crippen LogP contribution is -2.71. The molecule has 1 atom stereocenters. The van der Waals surface area contributed by atoms with Crippen LogP contribution in [0.3, 0.4) is 0 Å². The van der Waals surface area contributed by atoms with Gasteiger partial charge in [0, 0.05) is 39.4 Å². The molecule has 6 nitrogen and oxygen atoms in total. The minimum Gasteiger partial charge on any atom is -0.225 e. The van der Waals surface area contributed by atoms with Crippen LogP contribution in [0.1, 0.15) is 96.2 Å². The van der Waals surface area contributed by atoms with E-state index in [9.17, 15) is 0 Å². The molecule has 6 heteroatoms. The van der Waals surface area contributed by atoms with Crippen LogP contribution in [-0.4, -0.2) is 35.7 Å². The second-order valence-corrected chi connectivity index (χ2v) is 11.5. The highest BCUT2D eigenvalue weighted by Gasteiger charge is 2.68. The van der Waals surface area contributed by atoms with Crippen LogP contribution in [0, 0.1) is 0 Å². The number of hydrogen-bond donors (Lipinski definition) is 0. The number of nitrogens with zero attached hydrogens (tertiary/aromatic N) is 6. The number of rotatable bonds is 6. The van der Waals surface area contributed by atoms with Crippen molar-refractivity contribution >= 4 is 35.4 Å². The Morgan fingerprint density at radius 2 is 1.38 bits per heavy atom. The van der Waals surface area contributed by atoms with Crippen LogP contribution in [0.5, 0.6) is 0 Å². The molecule has 6 aliphatic heterocycles. The summed E-state index contributed by atoms with van der Waals surface area (Å²) in [5.41, 5.74) is 16.2. The topological polar surface area (TPSA) is 40.6 Å². The summed E-state index contributed by atoms with van der Waals surface area (Å²) in [6.45, 7) is 18.4. The summed E-state index contributed by atoms with van der Waals surface area (Å²) in [5, 5.41) is 1.32. The maximum atomic E-state index is 5.59. The molecular formula is C33H38N6+2. The molecule has 0 saturated heterocycles. The monoisotopic (exact) mass is 518 g/mol. The van der Waals surface area contributed by atoms with E-state index in [0.717, 1.165) is 61.5 Å². The number of allylic oxidation sites excluding steroid dienone is 2. The number of hydrogen-bond acceptors (Lipinski definition) is 2. The molecule has 0 bridgehead atoms. The van der Waals surface area contributed by atoms with Crippen molar-refractivity contribution in [2.45, 2.75) is 99.8 Å². The Labute approximate surface area is 230 Å². The molecule has 0 N–H and O–H groups in total. The van der Waals surface area contributed by atoms with Gasteiger partial charge in [0.25, 0.3) is 0 Å². The molecule has 0 aromatic carbocycles. The van der Waals surface area contributed by atoms with Gasteiger partial charge in [0.15, 0.2) is 0 Å². The van der Waals surface area contributed by atoms with Crippen LogP contribution < -0.4 is 10.8 Å². The Bertz CT molecular complexity index is 1920. The van der Waals surface area contributed by atoms with Crippen molar-refractivity contribution in [1.82, 2.24) is 9.13 Å². The Hall–Kier alpha value is -3.54. The summed E-state index contributed by atoms with van der Waals surface area (Å²) in [6, 6.07) is 0. The average Bonchev–Trinajstić information content (AvgIpc) is 3.61. The molecule has 39 heavy (non-hydrogen) atoms. The second-order valence-electron chi connectivity index (χ2n) is 11.5. The lowest BCUT2D eigenvalue weighted by molar-refractivity contribution is -0.815. The summed E-state index contributed by atoms with van der Waals surface area (Å²) >= 11 is 0. The van der Waals surface area contributed by atoms with Gasteiger partial charge in [-0.15, -0.1) is 9.15 Å². The first kappa shape index (κ1) is 23.4. The minimum atomic E-state index is -0.636. The summed E-state index contributed by atoms with van der Waals surface area (Å²) < 4.78 is 10.4. The molecule has 1 unspecified atom stereocenters. The fourth-order valence-electron chi connectivity index (χ4n) is 8.64. The van der Waals surface area contributed by atoms with Crippen molar-refractivity contribution in [3.63, 3.8) is 0 Å². The van der Waals surface area contributed by atoms with E-state index in [-0.39, 0.29) is 0 Å². The maximum absolute atomic E-state index is 5.59. The Morgan fingerprint density at radius 1 is 0.692 bits per heavy atom. The van der Waals surface area contributed by atoms with Gasteiger partial charge < -0.3 is 0 Å². The minimum absolute atomic E-state index is 0.636. The zero-order valence-corrected chi connectivity index (χ0v) is 24.6. The zero-order chi connectivity index (χ0) is 27.1. The molecule has 1 spiro atoms. The van der Waals surface area contributed by atoms with E-state index in [2.05, 4.69) is 85.8 Å². The third kappa shape index (κ3) is 2.20. The number of aliphatic imine (C=N–C) groups is 1. The molecule has 6 aliphatic rings.